The summed E-state index contributed by atoms with van der Waals surface area (Å²) in [5.74, 6) is -1.76. The lowest BCUT2D eigenvalue weighted by Gasteiger charge is -2.27. The zero-order chi connectivity index (χ0) is 20.4. The van der Waals surface area contributed by atoms with E-state index >= 15 is 0 Å². The Bertz CT molecular complexity index is 919. The van der Waals surface area contributed by atoms with Gasteiger partial charge in [0.1, 0.15) is 0 Å². The molecule has 0 aromatic heterocycles. The first-order valence-electron chi connectivity index (χ1n) is 8.99. The Balaban J connectivity index is 1.96. The second kappa shape index (κ2) is 7.95. The average Bonchev–Trinajstić information content (AvgIpc) is 3.19. The van der Waals surface area contributed by atoms with Gasteiger partial charge in [-0.15, -0.1) is 0 Å². The zero-order valence-corrected chi connectivity index (χ0v) is 15.8. The number of halogens is 3. The van der Waals surface area contributed by atoms with Gasteiger partial charge in [0.05, 0.1) is 10.6 Å². The second-order valence-electron chi connectivity index (χ2n) is 6.87. The van der Waals surface area contributed by atoms with Crippen molar-refractivity contribution >= 4 is 21.5 Å². The van der Waals surface area contributed by atoms with Crippen LogP contribution >= 0.6 is 0 Å². The van der Waals surface area contributed by atoms with Gasteiger partial charge in [-0.1, -0.05) is 31.0 Å². The summed E-state index contributed by atoms with van der Waals surface area (Å²) in [6.45, 7) is 0.254. The first-order chi connectivity index (χ1) is 13.2. The quantitative estimate of drug-likeness (QED) is 0.641. The van der Waals surface area contributed by atoms with Gasteiger partial charge in [0.15, 0.2) is 0 Å². The number of alkyl halides is 3. The first-order valence-corrected chi connectivity index (χ1v) is 10.4. The topological polar surface area (TPSA) is 54.5 Å². The Morgan fingerprint density at radius 2 is 1.54 bits per heavy atom. The molecule has 8 heteroatoms. The fourth-order valence-electron chi connectivity index (χ4n) is 3.43. The molecule has 0 saturated heterocycles. The molecule has 28 heavy (non-hydrogen) atoms. The van der Waals surface area contributed by atoms with Crippen molar-refractivity contribution in [3.05, 3.63) is 60.2 Å². The summed E-state index contributed by atoms with van der Waals surface area (Å²) in [6, 6.07) is 12.5. The minimum absolute atomic E-state index is 0.114. The highest BCUT2D eigenvalue weighted by atomic mass is 32.2. The normalized spacial score (nSPS) is 15.5. The molecule has 0 aliphatic heterocycles. The third-order valence-electron chi connectivity index (χ3n) is 4.90. The number of Topliss-reactive ketones (excluding diaryl/α,β-unsaturated/α-hetero) is 1. The number of rotatable bonds is 6. The Kier molecular flexibility index (Phi) is 5.79. The van der Waals surface area contributed by atoms with Gasteiger partial charge < -0.3 is 0 Å². The van der Waals surface area contributed by atoms with Crippen molar-refractivity contribution in [2.24, 2.45) is 5.92 Å². The van der Waals surface area contributed by atoms with E-state index in [9.17, 15) is 26.4 Å². The maximum Gasteiger partial charge on any atom is 0.454 e. The molecule has 1 fully saturated rings. The molecular formula is C20H20F3NO3S. The number of hydrogen-bond acceptors (Lipinski definition) is 3. The van der Waals surface area contributed by atoms with Gasteiger partial charge in [0.25, 0.3) is 15.8 Å². The molecule has 0 amide bonds. The molecule has 0 N–H and O–H groups in total. The van der Waals surface area contributed by atoms with Crippen molar-refractivity contribution in [3.63, 3.8) is 0 Å². The SMILES string of the molecule is O=C(c1ccc(N(CC2CCCC2)S(=O)(=O)c2ccccc2)cc1)C(F)(F)F. The molecule has 2 aromatic rings. The van der Waals surface area contributed by atoms with E-state index in [1.54, 1.807) is 18.2 Å². The number of carbonyl (C=O) groups is 1. The molecule has 0 atom stereocenters. The Morgan fingerprint density at radius 1 is 0.964 bits per heavy atom. The maximum atomic E-state index is 13.2. The third kappa shape index (κ3) is 4.38. The minimum Gasteiger partial charge on any atom is -0.284 e. The zero-order valence-electron chi connectivity index (χ0n) is 15.0. The molecule has 2 aromatic carbocycles. The van der Waals surface area contributed by atoms with Crippen LogP contribution in [0, 0.1) is 5.92 Å². The van der Waals surface area contributed by atoms with Crippen LogP contribution in [0.4, 0.5) is 18.9 Å². The van der Waals surface area contributed by atoms with E-state index in [4.69, 9.17) is 0 Å². The van der Waals surface area contributed by atoms with Gasteiger partial charge in [0.2, 0.25) is 0 Å². The Labute approximate surface area is 162 Å². The molecule has 1 aliphatic carbocycles. The van der Waals surface area contributed by atoms with Crippen molar-refractivity contribution in [2.75, 3.05) is 10.8 Å². The molecule has 0 bridgehead atoms. The molecule has 4 nitrogen and oxygen atoms in total. The monoisotopic (exact) mass is 411 g/mol. The van der Waals surface area contributed by atoms with Crippen molar-refractivity contribution < 1.29 is 26.4 Å². The van der Waals surface area contributed by atoms with Gasteiger partial charge in [-0.3, -0.25) is 9.10 Å². The van der Waals surface area contributed by atoms with Gasteiger partial charge in [0, 0.05) is 12.1 Å². The number of ketones is 1. The van der Waals surface area contributed by atoms with E-state index in [0.717, 1.165) is 37.8 Å². The molecule has 1 saturated carbocycles. The minimum atomic E-state index is -4.97. The van der Waals surface area contributed by atoms with Gasteiger partial charge >= 0.3 is 6.18 Å². The predicted octanol–water partition coefficient (Wildman–Crippen LogP) is 4.82. The van der Waals surface area contributed by atoms with Crippen LogP contribution in [-0.2, 0) is 10.0 Å². The summed E-state index contributed by atoms with van der Waals surface area (Å²) in [6.07, 6.45) is -1.09. The summed E-state index contributed by atoms with van der Waals surface area (Å²) >= 11 is 0. The van der Waals surface area contributed by atoms with Crippen LogP contribution in [0.25, 0.3) is 0 Å². The highest BCUT2D eigenvalue weighted by molar-refractivity contribution is 7.92. The van der Waals surface area contributed by atoms with Crippen molar-refractivity contribution in [1.82, 2.24) is 0 Å². The third-order valence-corrected chi connectivity index (χ3v) is 6.71. The lowest BCUT2D eigenvalue weighted by atomic mass is 10.1. The number of nitrogens with zero attached hydrogens (tertiary/aromatic N) is 1. The number of sulfonamides is 1. The fourth-order valence-corrected chi connectivity index (χ4v) is 4.99. The van der Waals surface area contributed by atoms with Crippen molar-refractivity contribution in [3.8, 4) is 0 Å². The van der Waals surface area contributed by atoms with E-state index in [-0.39, 0.29) is 23.0 Å². The standard InChI is InChI=1S/C20H20F3NO3S/c21-20(22,23)19(25)16-10-12-17(13-11-16)24(14-15-6-4-5-7-15)28(26,27)18-8-2-1-3-9-18/h1-3,8-13,15H,4-7,14H2. The second-order valence-corrected chi connectivity index (χ2v) is 8.74. The molecule has 0 radical (unpaired) electrons. The van der Waals surface area contributed by atoms with E-state index in [1.165, 1.54) is 28.6 Å². The van der Waals surface area contributed by atoms with Crippen LogP contribution in [0.3, 0.4) is 0 Å². The van der Waals surface area contributed by atoms with Crippen LogP contribution in [0.1, 0.15) is 36.0 Å². The molecule has 0 unspecified atom stereocenters. The van der Waals surface area contributed by atoms with Crippen LogP contribution in [0.2, 0.25) is 0 Å². The number of hydrogen-bond donors (Lipinski definition) is 0. The van der Waals surface area contributed by atoms with Crippen LogP contribution in [0.15, 0.2) is 59.5 Å². The molecule has 150 valence electrons. The molecule has 0 spiro atoms. The number of carbonyl (C=O) groups excluding carboxylic acids is 1. The van der Waals surface area contributed by atoms with Gasteiger partial charge in [-0.05, 0) is 55.2 Å². The smallest absolute Gasteiger partial charge is 0.284 e. The van der Waals surface area contributed by atoms with Crippen LogP contribution < -0.4 is 4.31 Å². The average molecular weight is 411 g/mol. The van der Waals surface area contributed by atoms with E-state index in [1.807, 2.05) is 0 Å². The van der Waals surface area contributed by atoms with Crippen LogP contribution in [0.5, 0.6) is 0 Å². The van der Waals surface area contributed by atoms with Crippen LogP contribution in [-0.4, -0.2) is 26.9 Å². The molecule has 3 rings (SSSR count). The lowest BCUT2D eigenvalue weighted by Crippen LogP contribution is -2.35. The molecule has 1 aliphatic rings. The summed E-state index contributed by atoms with van der Waals surface area (Å²) in [7, 11) is -3.88. The summed E-state index contributed by atoms with van der Waals surface area (Å²) in [4.78, 5) is 11.5. The Morgan fingerprint density at radius 3 is 2.07 bits per heavy atom. The number of benzene rings is 2. The molecular weight excluding hydrogens is 391 g/mol. The Hall–Kier alpha value is -2.35. The van der Waals surface area contributed by atoms with Crippen molar-refractivity contribution in [2.45, 2.75) is 36.8 Å². The summed E-state index contributed by atoms with van der Waals surface area (Å²) < 4.78 is 65.4. The van der Waals surface area contributed by atoms with E-state index in [0.29, 0.717) is 0 Å². The largest absolute Gasteiger partial charge is 0.454 e. The maximum absolute atomic E-state index is 13.2. The predicted molar refractivity (Wildman–Crippen MR) is 99.8 cm³/mol. The van der Waals surface area contributed by atoms with E-state index in [2.05, 4.69) is 0 Å². The molecule has 0 heterocycles. The fraction of sp³-hybridized carbons (Fsp3) is 0.350. The highest BCUT2D eigenvalue weighted by Crippen LogP contribution is 2.31. The van der Waals surface area contributed by atoms with Gasteiger partial charge in [-0.2, -0.15) is 13.2 Å². The highest BCUT2D eigenvalue weighted by Gasteiger charge is 2.39. The van der Waals surface area contributed by atoms with Gasteiger partial charge in [-0.25, -0.2) is 8.42 Å². The lowest BCUT2D eigenvalue weighted by molar-refractivity contribution is -0.0885. The van der Waals surface area contributed by atoms with E-state index < -0.39 is 27.5 Å². The summed E-state index contributed by atoms with van der Waals surface area (Å²) in [5, 5.41) is 0. The number of anilines is 1. The summed E-state index contributed by atoms with van der Waals surface area (Å²) in [5.41, 5.74) is -0.274. The first kappa shape index (κ1) is 20.4. The van der Waals surface area contributed by atoms with Crippen molar-refractivity contribution in [1.29, 1.82) is 0 Å².